The van der Waals surface area contributed by atoms with Crippen LogP contribution < -0.4 is 5.32 Å². The van der Waals surface area contributed by atoms with Gasteiger partial charge >= 0.3 is 0 Å². The van der Waals surface area contributed by atoms with E-state index < -0.39 is 0 Å². The van der Waals surface area contributed by atoms with Crippen LogP contribution in [-0.2, 0) is 9.53 Å². The maximum absolute atomic E-state index is 11.7. The van der Waals surface area contributed by atoms with E-state index in [1.807, 2.05) is 11.8 Å². The highest BCUT2D eigenvalue weighted by atomic mass is 16.5. The summed E-state index contributed by atoms with van der Waals surface area (Å²) in [6, 6.07) is -0.205. The molecule has 0 heterocycles. The lowest BCUT2D eigenvalue weighted by molar-refractivity contribution is -0.126. The van der Waals surface area contributed by atoms with Crippen LogP contribution in [0.1, 0.15) is 20.3 Å². The summed E-state index contributed by atoms with van der Waals surface area (Å²) in [5.74, 6) is -0.0149. The van der Waals surface area contributed by atoms with Crippen LogP contribution in [0.25, 0.3) is 0 Å². The Bertz CT molecular complexity index is 182. The smallest absolute Gasteiger partial charge is 0.237 e. The van der Waals surface area contributed by atoms with Crippen molar-refractivity contribution in [2.75, 3.05) is 40.0 Å². The molecular weight excluding hydrogens is 208 g/mol. The average molecular weight is 232 g/mol. The summed E-state index contributed by atoms with van der Waals surface area (Å²) in [4.78, 5) is 13.7. The van der Waals surface area contributed by atoms with Crippen LogP contribution in [0.2, 0.25) is 0 Å². The Morgan fingerprint density at radius 2 is 2.19 bits per heavy atom. The minimum atomic E-state index is -0.205. The number of ether oxygens (including phenoxy) is 1. The van der Waals surface area contributed by atoms with Crippen LogP contribution in [0.3, 0.4) is 0 Å². The lowest BCUT2D eigenvalue weighted by atomic mass is 10.2. The molecule has 0 aromatic heterocycles. The fourth-order valence-electron chi connectivity index (χ4n) is 1.50. The van der Waals surface area contributed by atoms with Crippen molar-refractivity contribution in [3.63, 3.8) is 0 Å². The van der Waals surface area contributed by atoms with Crippen LogP contribution in [0.4, 0.5) is 0 Å². The highest BCUT2D eigenvalue weighted by molar-refractivity contribution is 5.81. The van der Waals surface area contributed by atoms with Gasteiger partial charge in [0.25, 0.3) is 0 Å². The predicted molar refractivity (Wildman–Crippen MR) is 63.3 cm³/mol. The topological polar surface area (TPSA) is 61.8 Å². The number of hydrogen-bond donors (Lipinski definition) is 2. The number of hydrogen-bond acceptors (Lipinski definition) is 4. The van der Waals surface area contributed by atoms with Gasteiger partial charge in [-0.3, -0.25) is 9.69 Å². The predicted octanol–water partition coefficient (Wildman–Crippen LogP) is -0.158. The lowest BCUT2D eigenvalue weighted by Crippen LogP contribution is -2.47. The van der Waals surface area contributed by atoms with Gasteiger partial charge in [0.15, 0.2) is 0 Å². The molecule has 0 saturated carbocycles. The SMILES string of the molecule is CCCN(CCO)C(C)C(=O)NCCOC. The molecule has 0 bridgehead atoms. The standard InChI is InChI=1S/C11H24N2O3/c1-4-6-13(7-8-14)10(2)11(15)12-5-9-16-3/h10,14H,4-9H2,1-3H3,(H,12,15). The Morgan fingerprint density at radius 1 is 1.50 bits per heavy atom. The Labute approximate surface area is 97.8 Å². The van der Waals surface area contributed by atoms with Crippen molar-refractivity contribution in [1.29, 1.82) is 0 Å². The van der Waals surface area contributed by atoms with E-state index in [0.717, 1.165) is 13.0 Å². The molecule has 0 rings (SSSR count). The third-order valence-corrected chi connectivity index (χ3v) is 2.43. The van der Waals surface area contributed by atoms with Crippen LogP contribution in [0.15, 0.2) is 0 Å². The average Bonchev–Trinajstić information content (AvgIpc) is 2.28. The zero-order chi connectivity index (χ0) is 12.4. The third-order valence-electron chi connectivity index (χ3n) is 2.43. The number of carbonyl (C=O) groups is 1. The van der Waals surface area contributed by atoms with E-state index in [9.17, 15) is 4.79 Å². The van der Waals surface area contributed by atoms with Gasteiger partial charge in [-0.15, -0.1) is 0 Å². The van der Waals surface area contributed by atoms with E-state index in [1.54, 1.807) is 7.11 Å². The van der Waals surface area contributed by atoms with Crippen LogP contribution in [-0.4, -0.2) is 61.9 Å². The highest BCUT2D eigenvalue weighted by Gasteiger charge is 2.19. The quantitative estimate of drug-likeness (QED) is 0.542. The molecule has 0 aromatic rings. The normalized spacial score (nSPS) is 12.8. The Morgan fingerprint density at radius 3 is 2.69 bits per heavy atom. The maximum Gasteiger partial charge on any atom is 0.237 e. The van der Waals surface area contributed by atoms with Gasteiger partial charge < -0.3 is 15.2 Å². The van der Waals surface area contributed by atoms with Gasteiger partial charge in [0.05, 0.1) is 19.3 Å². The zero-order valence-corrected chi connectivity index (χ0v) is 10.5. The molecule has 5 heteroatoms. The lowest BCUT2D eigenvalue weighted by Gasteiger charge is -2.26. The first-order chi connectivity index (χ1) is 7.67. The highest BCUT2D eigenvalue weighted by Crippen LogP contribution is 2.00. The van der Waals surface area contributed by atoms with Crippen molar-refractivity contribution in [3.8, 4) is 0 Å². The number of aliphatic hydroxyl groups is 1. The van der Waals surface area contributed by atoms with Gasteiger partial charge in [0, 0.05) is 20.2 Å². The van der Waals surface area contributed by atoms with Crippen molar-refractivity contribution in [2.24, 2.45) is 0 Å². The van der Waals surface area contributed by atoms with E-state index in [0.29, 0.717) is 19.7 Å². The Balaban J connectivity index is 4.03. The van der Waals surface area contributed by atoms with Crippen molar-refractivity contribution in [3.05, 3.63) is 0 Å². The van der Waals surface area contributed by atoms with E-state index >= 15 is 0 Å². The maximum atomic E-state index is 11.7. The Kier molecular flexibility index (Phi) is 9.18. The summed E-state index contributed by atoms with van der Waals surface area (Å²) < 4.78 is 4.86. The minimum absolute atomic E-state index is 0.0149. The molecule has 1 amide bonds. The summed E-state index contributed by atoms with van der Waals surface area (Å²) in [6.07, 6.45) is 0.968. The van der Waals surface area contributed by atoms with Crippen molar-refractivity contribution >= 4 is 5.91 Å². The first-order valence-electron chi connectivity index (χ1n) is 5.78. The summed E-state index contributed by atoms with van der Waals surface area (Å²) in [5.41, 5.74) is 0. The molecule has 16 heavy (non-hydrogen) atoms. The molecule has 0 spiro atoms. The second-order valence-corrected chi connectivity index (χ2v) is 3.72. The van der Waals surface area contributed by atoms with Crippen molar-refractivity contribution in [2.45, 2.75) is 26.3 Å². The number of aliphatic hydroxyl groups excluding tert-OH is 1. The van der Waals surface area contributed by atoms with Gasteiger partial charge in [-0.1, -0.05) is 6.92 Å². The molecule has 1 unspecified atom stereocenters. The van der Waals surface area contributed by atoms with E-state index in [4.69, 9.17) is 9.84 Å². The zero-order valence-electron chi connectivity index (χ0n) is 10.5. The molecule has 0 aromatic carbocycles. The monoisotopic (exact) mass is 232 g/mol. The number of methoxy groups -OCH3 is 1. The van der Waals surface area contributed by atoms with Gasteiger partial charge in [-0.25, -0.2) is 0 Å². The molecule has 1 atom stereocenters. The molecule has 0 radical (unpaired) electrons. The largest absolute Gasteiger partial charge is 0.395 e. The fourth-order valence-corrected chi connectivity index (χ4v) is 1.50. The number of nitrogens with zero attached hydrogens (tertiary/aromatic N) is 1. The van der Waals surface area contributed by atoms with Gasteiger partial charge in [-0.05, 0) is 19.9 Å². The van der Waals surface area contributed by atoms with Crippen molar-refractivity contribution < 1.29 is 14.6 Å². The first-order valence-corrected chi connectivity index (χ1v) is 5.78. The van der Waals surface area contributed by atoms with Gasteiger partial charge in [-0.2, -0.15) is 0 Å². The second kappa shape index (κ2) is 9.57. The summed E-state index contributed by atoms with van der Waals surface area (Å²) in [5, 5.41) is 11.7. The van der Waals surface area contributed by atoms with E-state index in [1.165, 1.54) is 0 Å². The van der Waals surface area contributed by atoms with E-state index in [2.05, 4.69) is 12.2 Å². The molecule has 5 nitrogen and oxygen atoms in total. The number of amides is 1. The number of nitrogens with one attached hydrogen (secondary N) is 1. The summed E-state index contributed by atoms with van der Waals surface area (Å²) in [6.45, 7) is 6.39. The summed E-state index contributed by atoms with van der Waals surface area (Å²) in [7, 11) is 1.60. The van der Waals surface area contributed by atoms with Gasteiger partial charge in [0.2, 0.25) is 5.91 Å². The number of rotatable bonds is 9. The molecule has 0 aliphatic carbocycles. The van der Waals surface area contributed by atoms with E-state index in [-0.39, 0.29) is 18.6 Å². The van der Waals surface area contributed by atoms with Crippen LogP contribution in [0, 0.1) is 0 Å². The molecule has 0 saturated heterocycles. The van der Waals surface area contributed by atoms with Crippen molar-refractivity contribution in [1.82, 2.24) is 10.2 Å². The molecule has 0 aliphatic heterocycles. The second-order valence-electron chi connectivity index (χ2n) is 3.72. The summed E-state index contributed by atoms with van der Waals surface area (Å²) >= 11 is 0. The Hall–Kier alpha value is -0.650. The molecular formula is C11H24N2O3. The molecule has 2 N–H and O–H groups in total. The minimum Gasteiger partial charge on any atom is -0.395 e. The van der Waals surface area contributed by atoms with Crippen LogP contribution in [0.5, 0.6) is 0 Å². The van der Waals surface area contributed by atoms with Crippen LogP contribution >= 0.6 is 0 Å². The molecule has 96 valence electrons. The van der Waals surface area contributed by atoms with Gasteiger partial charge in [0.1, 0.15) is 0 Å². The first kappa shape index (κ1) is 15.3. The molecule has 0 aliphatic rings. The third kappa shape index (κ3) is 6.05. The molecule has 0 fully saturated rings. The number of carbonyl (C=O) groups excluding carboxylic acids is 1. The fraction of sp³-hybridized carbons (Fsp3) is 0.909.